The summed E-state index contributed by atoms with van der Waals surface area (Å²) >= 11 is 0. The van der Waals surface area contributed by atoms with Crippen molar-refractivity contribution < 1.29 is 14.0 Å². The maximum absolute atomic E-state index is 13.9. The largest absolute Gasteiger partial charge is 0.349 e. The first kappa shape index (κ1) is 19.0. The molecule has 1 fully saturated rings. The molecule has 4 N–H and O–H groups in total. The predicted octanol–water partition coefficient (Wildman–Crippen LogP) is 3.39. The van der Waals surface area contributed by atoms with Gasteiger partial charge in [0.15, 0.2) is 0 Å². The molecular formula is C21H24FN3O2. The zero-order valence-electron chi connectivity index (χ0n) is 15.3. The SMILES string of the molecule is Cc1cccc(C(=O)NC2CCC(N)CC2)c1NC(=O)c1ccccc1F. The highest BCUT2D eigenvalue weighted by Crippen LogP contribution is 2.23. The number of hydrogen-bond acceptors (Lipinski definition) is 3. The molecule has 0 saturated heterocycles. The fourth-order valence-corrected chi connectivity index (χ4v) is 3.38. The summed E-state index contributed by atoms with van der Waals surface area (Å²) in [6, 6.07) is 11.3. The number of benzene rings is 2. The summed E-state index contributed by atoms with van der Waals surface area (Å²) in [5.74, 6) is -1.43. The smallest absolute Gasteiger partial charge is 0.258 e. The molecule has 1 aliphatic carbocycles. The van der Waals surface area contributed by atoms with Gasteiger partial charge in [-0.15, -0.1) is 0 Å². The van der Waals surface area contributed by atoms with Crippen LogP contribution in [0.2, 0.25) is 0 Å². The number of aryl methyl sites for hydroxylation is 1. The van der Waals surface area contributed by atoms with Gasteiger partial charge in [0.1, 0.15) is 5.82 Å². The van der Waals surface area contributed by atoms with E-state index >= 15 is 0 Å². The number of para-hydroxylation sites is 1. The van der Waals surface area contributed by atoms with Crippen LogP contribution in [-0.4, -0.2) is 23.9 Å². The quantitative estimate of drug-likeness (QED) is 0.772. The molecule has 2 amide bonds. The number of hydrogen-bond donors (Lipinski definition) is 3. The molecule has 0 bridgehead atoms. The Morgan fingerprint density at radius 1 is 0.963 bits per heavy atom. The van der Waals surface area contributed by atoms with Crippen molar-refractivity contribution in [2.75, 3.05) is 5.32 Å². The van der Waals surface area contributed by atoms with Crippen LogP contribution in [-0.2, 0) is 0 Å². The van der Waals surface area contributed by atoms with Crippen molar-refractivity contribution in [2.45, 2.75) is 44.7 Å². The van der Waals surface area contributed by atoms with Gasteiger partial charge in [-0.2, -0.15) is 0 Å². The van der Waals surface area contributed by atoms with E-state index in [1.165, 1.54) is 18.2 Å². The Labute approximate surface area is 158 Å². The lowest BCUT2D eigenvalue weighted by Gasteiger charge is -2.27. The van der Waals surface area contributed by atoms with E-state index in [1.54, 1.807) is 31.2 Å². The third-order valence-electron chi connectivity index (χ3n) is 4.98. The van der Waals surface area contributed by atoms with Crippen molar-refractivity contribution >= 4 is 17.5 Å². The summed E-state index contributed by atoms with van der Waals surface area (Å²) in [7, 11) is 0. The minimum atomic E-state index is -0.604. The Morgan fingerprint density at radius 3 is 2.33 bits per heavy atom. The maximum atomic E-state index is 13.9. The van der Waals surface area contributed by atoms with Crippen LogP contribution >= 0.6 is 0 Å². The van der Waals surface area contributed by atoms with Crippen molar-refractivity contribution in [1.82, 2.24) is 5.32 Å². The fourth-order valence-electron chi connectivity index (χ4n) is 3.38. The molecule has 0 heterocycles. The van der Waals surface area contributed by atoms with Gasteiger partial charge in [0, 0.05) is 12.1 Å². The zero-order valence-corrected chi connectivity index (χ0v) is 15.3. The molecule has 0 atom stereocenters. The molecule has 27 heavy (non-hydrogen) atoms. The molecule has 0 unspecified atom stereocenters. The Bertz CT molecular complexity index is 845. The third-order valence-corrected chi connectivity index (χ3v) is 4.98. The summed E-state index contributed by atoms with van der Waals surface area (Å²) in [5, 5.41) is 5.73. The average Bonchev–Trinajstić information content (AvgIpc) is 2.65. The molecule has 0 aliphatic heterocycles. The normalized spacial score (nSPS) is 19.4. The van der Waals surface area contributed by atoms with Gasteiger partial charge < -0.3 is 16.4 Å². The molecule has 0 spiro atoms. The number of amides is 2. The number of anilines is 1. The fraction of sp³-hybridized carbons (Fsp3) is 0.333. The van der Waals surface area contributed by atoms with Crippen LogP contribution in [0.4, 0.5) is 10.1 Å². The highest BCUT2D eigenvalue weighted by atomic mass is 19.1. The first-order chi connectivity index (χ1) is 13.0. The summed E-state index contributed by atoms with van der Waals surface area (Å²) in [6.45, 7) is 1.80. The second kappa shape index (κ2) is 8.31. The number of halogens is 1. The summed E-state index contributed by atoms with van der Waals surface area (Å²) < 4.78 is 13.9. The predicted molar refractivity (Wildman–Crippen MR) is 103 cm³/mol. The minimum absolute atomic E-state index is 0.0617. The Hall–Kier alpha value is -2.73. The molecular weight excluding hydrogens is 345 g/mol. The average molecular weight is 369 g/mol. The summed E-state index contributed by atoms with van der Waals surface area (Å²) in [5.41, 5.74) is 7.36. The lowest BCUT2D eigenvalue weighted by atomic mass is 9.91. The first-order valence-electron chi connectivity index (χ1n) is 9.17. The number of nitrogens with two attached hydrogens (primary N) is 1. The molecule has 1 saturated carbocycles. The topological polar surface area (TPSA) is 84.2 Å². The minimum Gasteiger partial charge on any atom is -0.349 e. The lowest BCUT2D eigenvalue weighted by molar-refractivity contribution is 0.0926. The molecule has 6 heteroatoms. The monoisotopic (exact) mass is 369 g/mol. The van der Waals surface area contributed by atoms with Gasteiger partial charge in [0.25, 0.3) is 11.8 Å². The van der Waals surface area contributed by atoms with Crippen molar-refractivity contribution in [2.24, 2.45) is 5.73 Å². The first-order valence-corrected chi connectivity index (χ1v) is 9.17. The summed E-state index contributed by atoms with van der Waals surface area (Å²) in [6.07, 6.45) is 3.45. The van der Waals surface area contributed by atoms with Gasteiger partial charge >= 0.3 is 0 Å². The van der Waals surface area contributed by atoms with Crippen LogP contribution in [0.3, 0.4) is 0 Å². The molecule has 0 radical (unpaired) electrons. The van der Waals surface area contributed by atoms with E-state index in [2.05, 4.69) is 10.6 Å². The highest BCUT2D eigenvalue weighted by Gasteiger charge is 2.23. The molecule has 3 rings (SSSR count). The van der Waals surface area contributed by atoms with Gasteiger partial charge in [-0.3, -0.25) is 9.59 Å². The van der Waals surface area contributed by atoms with Crippen molar-refractivity contribution in [3.63, 3.8) is 0 Å². The van der Waals surface area contributed by atoms with Crippen LogP contribution in [0, 0.1) is 12.7 Å². The van der Waals surface area contributed by atoms with E-state index < -0.39 is 11.7 Å². The molecule has 2 aromatic carbocycles. The molecule has 0 aromatic heterocycles. The molecule has 5 nitrogen and oxygen atoms in total. The van der Waals surface area contributed by atoms with Crippen LogP contribution in [0.15, 0.2) is 42.5 Å². The third kappa shape index (κ3) is 4.52. The second-order valence-corrected chi connectivity index (χ2v) is 7.02. The van der Waals surface area contributed by atoms with Gasteiger partial charge in [-0.05, 0) is 56.4 Å². The highest BCUT2D eigenvalue weighted by molar-refractivity contribution is 6.09. The Balaban J connectivity index is 1.79. The molecule has 2 aromatic rings. The maximum Gasteiger partial charge on any atom is 0.258 e. The standard InChI is InChI=1S/C21H24FN3O2/c1-13-5-4-7-17(21(27)24-15-11-9-14(23)10-12-15)19(13)25-20(26)16-6-2-3-8-18(16)22/h2-8,14-15H,9-12,23H2,1H3,(H,24,27)(H,25,26). The van der Waals surface area contributed by atoms with Crippen LogP contribution in [0.5, 0.6) is 0 Å². The van der Waals surface area contributed by atoms with Gasteiger partial charge in [0.2, 0.25) is 0 Å². The van der Waals surface area contributed by atoms with E-state index in [0.717, 1.165) is 31.2 Å². The number of nitrogens with one attached hydrogen (secondary N) is 2. The van der Waals surface area contributed by atoms with Crippen LogP contribution in [0.25, 0.3) is 0 Å². The van der Waals surface area contributed by atoms with Crippen molar-refractivity contribution in [3.8, 4) is 0 Å². The van der Waals surface area contributed by atoms with Gasteiger partial charge in [-0.1, -0.05) is 24.3 Å². The second-order valence-electron chi connectivity index (χ2n) is 7.02. The summed E-state index contributed by atoms with van der Waals surface area (Å²) in [4.78, 5) is 25.3. The lowest BCUT2D eigenvalue weighted by Crippen LogP contribution is -2.40. The van der Waals surface area contributed by atoms with Gasteiger partial charge in [0.05, 0.1) is 16.8 Å². The van der Waals surface area contributed by atoms with E-state index in [1.807, 2.05) is 0 Å². The van der Waals surface area contributed by atoms with Crippen LogP contribution < -0.4 is 16.4 Å². The number of carbonyl (C=O) groups is 2. The Kier molecular flexibility index (Phi) is 5.86. The van der Waals surface area contributed by atoms with Crippen LogP contribution in [0.1, 0.15) is 52.0 Å². The van der Waals surface area contributed by atoms with Gasteiger partial charge in [-0.25, -0.2) is 4.39 Å². The van der Waals surface area contributed by atoms with E-state index in [9.17, 15) is 14.0 Å². The van der Waals surface area contributed by atoms with E-state index in [-0.39, 0.29) is 23.6 Å². The van der Waals surface area contributed by atoms with Crippen molar-refractivity contribution in [3.05, 3.63) is 65.0 Å². The number of rotatable bonds is 4. The Morgan fingerprint density at radius 2 is 1.63 bits per heavy atom. The van der Waals surface area contributed by atoms with E-state index in [4.69, 9.17) is 5.73 Å². The van der Waals surface area contributed by atoms with E-state index in [0.29, 0.717) is 11.3 Å². The zero-order chi connectivity index (χ0) is 19.4. The number of carbonyl (C=O) groups excluding carboxylic acids is 2. The van der Waals surface area contributed by atoms with Crippen molar-refractivity contribution in [1.29, 1.82) is 0 Å². The molecule has 1 aliphatic rings. The molecule has 142 valence electrons.